The third-order valence-electron chi connectivity index (χ3n) is 4.44. The number of sulfonamides is 1. The van der Waals surface area contributed by atoms with Crippen molar-refractivity contribution in [3.05, 3.63) is 65.1 Å². The number of pyridine rings is 1. The first kappa shape index (κ1) is 21.7. The van der Waals surface area contributed by atoms with E-state index in [2.05, 4.69) is 30.3 Å². The summed E-state index contributed by atoms with van der Waals surface area (Å²) in [5.41, 5.74) is 3.61. The number of benzene rings is 1. The molecule has 0 aliphatic heterocycles. The molecule has 0 aliphatic rings. The largest absolute Gasteiger partial charge is 0.369 e. The van der Waals surface area contributed by atoms with E-state index >= 15 is 0 Å². The van der Waals surface area contributed by atoms with Crippen molar-refractivity contribution in [3.8, 4) is 0 Å². The highest BCUT2D eigenvalue weighted by Gasteiger charge is 2.19. The predicted octanol–water partition coefficient (Wildman–Crippen LogP) is 3.24. The van der Waals surface area contributed by atoms with Gasteiger partial charge in [0.15, 0.2) is 0 Å². The van der Waals surface area contributed by atoms with Crippen LogP contribution in [0.2, 0.25) is 0 Å². The minimum Gasteiger partial charge on any atom is -0.369 e. The maximum atomic E-state index is 12.7. The van der Waals surface area contributed by atoms with E-state index in [0.717, 1.165) is 22.3 Å². The Morgan fingerprint density at radius 1 is 0.800 bits per heavy atom. The molecule has 158 valence electrons. The van der Waals surface area contributed by atoms with Crippen LogP contribution in [0, 0.1) is 27.7 Å². The second-order valence-corrected chi connectivity index (χ2v) is 8.89. The zero-order valence-electron chi connectivity index (χ0n) is 17.5. The quantitative estimate of drug-likeness (QED) is 0.475. The minimum absolute atomic E-state index is 0.224. The molecule has 2 aromatic heterocycles. The molecular formula is C21H26N6O2S. The summed E-state index contributed by atoms with van der Waals surface area (Å²) in [6, 6.07) is 9.32. The summed E-state index contributed by atoms with van der Waals surface area (Å²) >= 11 is 0. The molecule has 8 nitrogen and oxygen atoms in total. The fraction of sp³-hybridized carbons (Fsp3) is 0.286. The van der Waals surface area contributed by atoms with Crippen LogP contribution in [0.1, 0.15) is 22.3 Å². The number of rotatable bonds is 8. The predicted molar refractivity (Wildman–Crippen MR) is 119 cm³/mol. The molecule has 2 heterocycles. The van der Waals surface area contributed by atoms with E-state index in [1.807, 2.05) is 52.0 Å². The average molecular weight is 427 g/mol. The summed E-state index contributed by atoms with van der Waals surface area (Å²) in [7, 11) is -3.59. The van der Waals surface area contributed by atoms with Crippen LogP contribution >= 0.6 is 0 Å². The molecule has 0 radical (unpaired) electrons. The van der Waals surface area contributed by atoms with Gasteiger partial charge in [0.05, 0.1) is 4.90 Å². The van der Waals surface area contributed by atoms with Gasteiger partial charge in [-0.25, -0.2) is 28.1 Å². The van der Waals surface area contributed by atoms with Crippen molar-refractivity contribution in [1.82, 2.24) is 19.7 Å². The Bertz CT molecular complexity index is 1120. The fourth-order valence-corrected chi connectivity index (χ4v) is 4.78. The van der Waals surface area contributed by atoms with Gasteiger partial charge in [-0.1, -0.05) is 17.7 Å². The molecule has 1 aromatic carbocycles. The minimum atomic E-state index is -3.59. The summed E-state index contributed by atoms with van der Waals surface area (Å²) in [4.78, 5) is 12.9. The highest BCUT2D eigenvalue weighted by Crippen LogP contribution is 2.21. The molecule has 9 heteroatoms. The first-order valence-corrected chi connectivity index (χ1v) is 11.1. The lowest BCUT2D eigenvalue weighted by Crippen LogP contribution is -2.30. The Labute approximate surface area is 177 Å². The van der Waals surface area contributed by atoms with Crippen molar-refractivity contribution in [1.29, 1.82) is 0 Å². The lowest BCUT2D eigenvalue weighted by atomic mass is 10.1. The third kappa shape index (κ3) is 5.52. The summed E-state index contributed by atoms with van der Waals surface area (Å²) in [5.74, 6) is 1.87. The number of aryl methyl sites for hydroxylation is 4. The van der Waals surface area contributed by atoms with Crippen LogP contribution in [-0.4, -0.2) is 36.5 Å². The maximum Gasteiger partial charge on any atom is 0.241 e. The zero-order chi connectivity index (χ0) is 21.7. The molecule has 0 aliphatic carbocycles. The molecule has 0 fully saturated rings. The van der Waals surface area contributed by atoms with E-state index in [4.69, 9.17) is 0 Å². The summed E-state index contributed by atoms with van der Waals surface area (Å²) in [5, 5.41) is 6.23. The lowest BCUT2D eigenvalue weighted by Gasteiger charge is -2.13. The molecule has 3 N–H and O–H groups in total. The average Bonchev–Trinajstić information content (AvgIpc) is 2.64. The Balaban J connectivity index is 1.58. The van der Waals surface area contributed by atoms with Crippen LogP contribution < -0.4 is 15.4 Å². The van der Waals surface area contributed by atoms with Gasteiger partial charge in [0, 0.05) is 25.4 Å². The van der Waals surface area contributed by atoms with E-state index in [-0.39, 0.29) is 6.54 Å². The number of nitrogens with zero attached hydrogens (tertiary/aromatic N) is 3. The number of anilines is 3. The van der Waals surface area contributed by atoms with E-state index < -0.39 is 10.0 Å². The summed E-state index contributed by atoms with van der Waals surface area (Å²) in [6.45, 7) is 8.16. The normalized spacial score (nSPS) is 11.3. The molecule has 0 atom stereocenters. The van der Waals surface area contributed by atoms with Crippen LogP contribution in [0.4, 0.5) is 17.5 Å². The van der Waals surface area contributed by atoms with Crippen molar-refractivity contribution in [2.45, 2.75) is 32.6 Å². The molecule has 0 spiro atoms. The van der Waals surface area contributed by atoms with E-state index in [9.17, 15) is 8.42 Å². The number of hydrogen-bond donors (Lipinski definition) is 3. The molecule has 0 unspecified atom stereocenters. The smallest absolute Gasteiger partial charge is 0.241 e. The summed E-state index contributed by atoms with van der Waals surface area (Å²) < 4.78 is 28.0. The van der Waals surface area contributed by atoms with Gasteiger partial charge in [-0.2, -0.15) is 0 Å². The van der Waals surface area contributed by atoms with Gasteiger partial charge in [-0.3, -0.25) is 0 Å². The fourth-order valence-electron chi connectivity index (χ4n) is 3.30. The van der Waals surface area contributed by atoms with Gasteiger partial charge in [0.1, 0.15) is 23.8 Å². The van der Waals surface area contributed by atoms with Gasteiger partial charge in [0.25, 0.3) is 0 Å². The Hall–Kier alpha value is -3.04. The third-order valence-corrected chi connectivity index (χ3v) is 6.20. The summed E-state index contributed by atoms with van der Waals surface area (Å²) in [6.07, 6.45) is 3.16. The van der Waals surface area contributed by atoms with E-state index in [0.29, 0.717) is 28.9 Å². The van der Waals surface area contributed by atoms with Crippen molar-refractivity contribution < 1.29 is 8.42 Å². The molecule has 0 saturated carbocycles. The zero-order valence-corrected chi connectivity index (χ0v) is 18.3. The van der Waals surface area contributed by atoms with Crippen LogP contribution in [0.15, 0.2) is 47.8 Å². The van der Waals surface area contributed by atoms with Crippen LogP contribution in [0.5, 0.6) is 0 Å². The highest BCUT2D eigenvalue weighted by atomic mass is 32.2. The SMILES string of the molecule is Cc1ccnc(Nc2cc(NCCNS(=O)(=O)c3c(C)cc(C)cc3C)ncn2)c1. The topological polar surface area (TPSA) is 109 Å². The highest BCUT2D eigenvalue weighted by molar-refractivity contribution is 7.89. The molecule has 0 amide bonds. The van der Waals surface area contributed by atoms with Gasteiger partial charge < -0.3 is 10.6 Å². The monoisotopic (exact) mass is 426 g/mol. The molecule has 3 rings (SSSR count). The Kier molecular flexibility index (Phi) is 6.63. The molecule has 3 aromatic rings. The first-order chi connectivity index (χ1) is 14.2. The first-order valence-electron chi connectivity index (χ1n) is 9.58. The van der Waals surface area contributed by atoms with Crippen molar-refractivity contribution in [2.75, 3.05) is 23.7 Å². The maximum absolute atomic E-state index is 12.7. The molecule has 0 bridgehead atoms. The van der Waals surface area contributed by atoms with Crippen molar-refractivity contribution in [2.24, 2.45) is 0 Å². The van der Waals surface area contributed by atoms with Crippen LogP contribution in [0.3, 0.4) is 0 Å². The van der Waals surface area contributed by atoms with Crippen LogP contribution in [0.25, 0.3) is 0 Å². The lowest BCUT2D eigenvalue weighted by molar-refractivity contribution is 0.581. The van der Waals surface area contributed by atoms with Gasteiger partial charge in [-0.05, 0) is 56.5 Å². The molecule has 0 saturated heterocycles. The van der Waals surface area contributed by atoms with Crippen molar-refractivity contribution >= 4 is 27.5 Å². The Morgan fingerprint density at radius 3 is 2.17 bits per heavy atom. The van der Waals surface area contributed by atoms with Gasteiger partial charge in [-0.15, -0.1) is 0 Å². The number of nitrogens with one attached hydrogen (secondary N) is 3. The van der Waals surface area contributed by atoms with E-state index in [1.165, 1.54) is 6.33 Å². The molecule has 30 heavy (non-hydrogen) atoms. The van der Waals surface area contributed by atoms with Crippen molar-refractivity contribution in [3.63, 3.8) is 0 Å². The molecular weight excluding hydrogens is 400 g/mol. The van der Waals surface area contributed by atoms with E-state index in [1.54, 1.807) is 12.3 Å². The van der Waals surface area contributed by atoms with Gasteiger partial charge >= 0.3 is 0 Å². The number of hydrogen-bond acceptors (Lipinski definition) is 7. The number of aromatic nitrogens is 3. The second kappa shape index (κ2) is 9.19. The second-order valence-electron chi connectivity index (χ2n) is 7.18. The Morgan fingerprint density at radius 2 is 1.47 bits per heavy atom. The standard InChI is InChI=1S/C21H26N6O2S/c1-14-5-6-22-19(11-14)27-20-12-18(24-13-25-20)23-7-8-26-30(28,29)21-16(3)9-15(2)10-17(21)4/h5-6,9-13,26H,7-8H2,1-4H3,(H2,22,23,24,25,27). The van der Waals surface area contributed by atoms with Gasteiger partial charge in [0.2, 0.25) is 10.0 Å². The van der Waals surface area contributed by atoms with Crippen LogP contribution in [-0.2, 0) is 10.0 Å².